The molecule has 0 fully saturated rings. The number of nitrogens with one attached hydrogen (secondary N) is 2. The van der Waals surface area contributed by atoms with Gasteiger partial charge in [0.25, 0.3) is 0 Å². The third kappa shape index (κ3) is 4.97. The number of para-hydroxylation sites is 1. The normalized spacial score (nSPS) is 10.9. The summed E-state index contributed by atoms with van der Waals surface area (Å²) < 4.78 is 42.1. The molecule has 0 spiro atoms. The zero-order chi connectivity index (χ0) is 18.4. The second-order valence-electron chi connectivity index (χ2n) is 5.01. The van der Waals surface area contributed by atoms with Crippen molar-refractivity contribution in [1.29, 1.82) is 0 Å². The first-order chi connectivity index (χ1) is 11.8. The van der Waals surface area contributed by atoms with Gasteiger partial charge in [-0.3, -0.25) is 4.79 Å². The second-order valence-corrected chi connectivity index (χ2v) is 5.01. The summed E-state index contributed by atoms with van der Waals surface area (Å²) in [5.74, 6) is -1.05. The van der Waals surface area contributed by atoms with E-state index in [1.807, 2.05) is 0 Å². The van der Waals surface area contributed by atoms with Gasteiger partial charge < -0.3 is 15.4 Å². The second kappa shape index (κ2) is 7.69. The van der Waals surface area contributed by atoms with Gasteiger partial charge in [-0.1, -0.05) is 12.1 Å². The number of hydrogen-bond donors (Lipinski definition) is 2. The number of hydrogen-bond acceptors (Lipinski definition) is 4. The molecule has 0 aliphatic carbocycles. The van der Waals surface area contributed by atoms with Crippen molar-refractivity contribution in [1.82, 2.24) is 0 Å². The molecule has 0 aliphatic rings. The third-order valence-electron chi connectivity index (χ3n) is 3.27. The number of alkyl halides is 3. The Labute approximate surface area is 141 Å². The molecule has 2 N–H and O–H groups in total. The molecular weight excluding hydrogens is 337 g/mol. The first-order valence-electron chi connectivity index (χ1n) is 7.19. The van der Waals surface area contributed by atoms with Crippen LogP contribution in [-0.2, 0) is 15.7 Å². The number of esters is 1. The molecule has 2 rings (SSSR count). The van der Waals surface area contributed by atoms with Gasteiger partial charge in [0, 0.05) is 5.69 Å². The molecule has 0 bridgehead atoms. The van der Waals surface area contributed by atoms with Crippen LogP contribution >= 0.6 is 0 Å². The molecule has 1 amide bonds. The maximum Gasteiger partial charge on any atom is 0.416 e. The summed E-state index contributed by atoms with van der Waals surface area (Å²) in [6.07, 6.45) is -4.41. The predicted molar refractivity (Wildman–Crippen MR) is 86.3 cm³/mol. The van der Waals surface area contributed by atoms with E-state index in [-0.39, 0.29) is 17.8 Å². The number of amides is 1. The Morgan fingerprint density at radius 1 is 1.04 bits per heavy atom. The van der Waals surface area contributed by atoms with Crippen LogP contribution in [0, 0.1) is 0 Å². The molecular formula is C17H15F3N2O3. The van der Waals surface area contributed by atoms with Gasteiger partial charge in [-0.25, -0.2) is 4.79 Å². The molecule has 0 saturated carbocycles. The van der Waals surface area contributed by atoms with Crippen LogP contribution in [0.25, 0.3) is 0 Å². The Morgan fingerprint density at radius 3 is 2.28 bits per heavy atom. The van der Waals surface area contributed by atoms with E-state index in [0.717, 1.165) is 12.1 Å². The van der Waals surface area contributed by atoms with Crippen molar-refractivity contribution in [2.24, 2.45) is 0 Å². The fourth-order valence-corrected chi connectivity index (χ4v) is 2.03. The number of rotatable bonds is 5. The summed E-state index contributed by atoms with van der Waals surface area (Å²) >= 11 is 0. The molecule has 0 unspecified atom stereocenters. The van der Waals surface area contributed by atoms with Gasteiger partial charge in [0.1, 0.15) is 0 Å². The van der Waals surface area contributed by atoms with E-state index in [2.05, 4.69) is 15.4 Å². The lowest BCUT2D eigenvalue weighted by Crippen LogP contribution is -2.23. The minimum absolute atomic E-state index is 0.180. The molecule has 0 heterocycles. The van der Waals surface area contributed by atoms with E-state index in [1.165, 1.54) is 25.3 Å². The molecule has 132 valence electrons. The van der Waals surface area contributed by atoms with E-state index < -0.39 is 23.6 Å². The summed E-state index contributed by atoms with van der Waals surface area (Å²) in [7, 11) is 1.23. The highest BCUT2D eigenvalue weighted by molar-refractivity contribution is 6.02. The Morgan fingerprint density at radius 2 is 1.68 bits per heavy atom. The van der Waals surface area contributed by atoms with Crippen LogP contribution in [0.5, 0.6) is 0 Å². The molecule has 8 heteroatoms. The van der Waals surface area contributed by atoms with Crippen molar-refractivity contribution in [3.63, 3.8) is 0 Å². The van der Waals surface area contributed by atoms with Crippen molar-refractivity contribution < 1.29 is 27.5 Å². The molecule has 5 nitrogen and oxygen atoms in total. The van der Waals surface area contributed by atoms with Gasteiger partial charge in [0.2, 0.25) is 5.91 Å². The van der Waals surface area contributed by atoms with Crippen molar-refractivity contribution in [2.75, 3.05) is 24.3 Å². The van der Waals surface area contributed by atoms with E-state index >= 15 is 0 Å². The monoisotopic (exact) mass is 352 g/mol. The smallest absolute Gasteiger partial charge is 0.416 e. The number of carbonyl (C=O) groups excluding carboxylic acids is 2. The molecule has 0 saturated heterocycles. The minimum Gasteiger partial charge on any atom is -0.465 e. The topological polar surface area (TPSA) is 67.4 Å². The molecule has 0 radical (unpaired) electrons. The predicted octanol–water partition coefficient (Wildman–Crippen LogP) is 3.54. The highest BCUT2D eigenvalue weighted by atomic mass is 19.4. The fraction of sp³-hybridized carbons (Fsp3) is 0.176. The van der Waals surface area contributed by atoms with Gasteiger partial charge in [-0.2, -0.15) is 13.2 Å². The average Bonchev–Trinajstić information content (AvgIpc) is 2.59. The maximum atomic E-state index is 12.5. The summed E-state index contributed by atoms with van der Waals surface area (Å²) in [4.78, 5) is 23.6. The van der Waals surface area contributed by atoms with Crippen LogP contribution in [-0.4, -0.2) is 25.5 Å². The van der Waals surface area contributed by atoms with Crippen LogP contribution in [0.4, 0.5) is 24.5 Å². The third-order valence-corrected chi connectivity index (χ3v) is 3.27. The van der Waals surface area contributed by atoms with Crippen molar-refractivity contribution in [3.05, 3.63) is 59.7 Å². The minimum atomic E-state index is -4.41. The number of benzene rings is 2. The largest absolute Gasteiger partial charge is 0.465 e. The lowest BCUT2D eigenvalue weighted by molar-refractivity contribution is -0.137. The van der Waals surface area contributed by atoms with Crippen LogP contribution in [0.1, 0.15) is 15.9 Å². The van der Waals surface area contributed by atoms with E-state index in [4.69, 9.17) is 0 Å². The average molecular weight is 352 g/mol. The fourth-order valence-electron chi connectivity index (χ4n) is 2.03. The van der Waals surface area contributed by atoms with Crippen LogP contribution in [0.3, 0.4) is 0 Å². The van der Waals surface area contributed by atoms with Crippen molar-refractivity contribution in [2.45, 2.75) is 6.18 Å². The van der Waals surface area contributed by atoms with Gasteiger partial charge in [-0.05, 0) is 36.4 Å². The number of ether oxygens (including phenoxy) is 1. The van der Waals surface area contributed by atoms with Gasteiger partial charge in [0.05, 0.1) is 30.5 Å². The number of methoxy groups -OCH3 is 1. The van der Waals surface area contributed by atoms with Gasteiger partial charge in [0.15, 0.2) is 0 Å². The van der Waals surface area contributed by atoms with E-state index in [0.29, 0.717) is 5.69 Å². The highest BCUT2D eigenvalue weighted by Gasteiger charge is 2.29. The Hall–Kier alpha value is -3.03. The Bertz CT molecular complexity index is 758. The molecule has 0 aromatic heterocycles. The Kier molecular flexibility index (Phi) is 5.63. The zero-order valence-electron chi connectivity index (χ0n) is 13.2. The Balaban J connectivity index is 1.97. The SMILES string of the molecule is COC(=O)c1ccccc1NC(=O)CNc1ccc(C(F)(F)F)cc1. The number of anilines is 2. The maximum absolute atomic E-state index is 12.5. The van der Waals surface area contributed by atoms with E-state index in [9.17, 15) is 22.8 Å². The quantitative estimate of drug-likeness (QED) is 0.808. The summed E-state index contributed by atoms with van der Waals surface area (Å²) in [5.41, 5.74) is 0.0837. The van der Waals surface area contributed by atoms with Crippen LogP contribution in [0.15, 0.2) is 48.5 Å². The zero-order valence-corrected chi connectivity index (χ0v) is 13.2. The van der Waals surface area contributed by atoms with Gasteiger partial charge >= 0.3 is 12.1 Å². The first-order valence-corrected chi connectivity index (χ1v) is 7.19. The number of carbonyl (C=O) groups is 2. The molecule has 25 heavy (non-hydrogen) atoms. The molecule has 0 aliphatic heterocycles. The lowest BCUT2D eigenvalue weighted by atomic mass is 10.2. The molecule has 2 aromatic rings. The van der Waals surface area contributed by atoms with Gasteiger partial charge in [-0.15, -0.1) is 0 Å². The van der Waals surface area contributed by atoms with Crippen LogP contribution in [0.2, 0.25) is 0 Å². The molecule has 0 atom stereocenters. The number of halogens is 3. The highest BCUT2D eigenvalue weighted by Crippen LogP contribution is 2.29. The van der Waals surface area contributed by atoms with Crippen LogP contribution < -0.4 is 10.6 Å². The summed E-state index contributed by atoms with van der Waals surface area (Å²) in [5, 5.41) is 5.26. The van der Waals surface area contributed by atoms with Crippen molar-refractivity contribution in [3.8, 4) is 0 Å². The molecule has 2 aromatic carbocycles. The van der Waals surface area contributed by atoms with Crippen molar-refractivity contribution >= 4 is 23.3 Å². The van der Waals surface area contributed by atoms with E-state index in [1.54, 1.807) is 18.2 Å². The summed E-state index contributed by atoms with van der Waals surface area (Å²) in [6, 6.07) is 10.6. The first kappa shape index (κ1) is 18.3. The summed E-state index contributed by atoms with van der Waals surface area (Å²) in [6.45, 7) is -0.180. The standard InChI is InChI=1S/C17H15F3N2O3/c1-25-16(24)13-4-2-3-5-14(13)22-15(23)10-21-12-8-6-11(7-9-12)17(18,19)20/h2-9,21H,10H2,1H3,(H,22,23). The lowest BCUT2D eigenvalue weighted by Gasteiger charge is -2.11.